The Morgan fingerprint density at radius 2 is 1.38 bits per heavy atom. The van der Waals surface area contributed by atoms with E-state index in [-0.39, 0.29) is 31.3 Å². The number of carbonyl (C=O) groups is 4. The molecule has 2 atom stereocenters. The number of carbonyl (C=O) groups excluding carboxylic acids is 4. The van der Waals surface area contributed by atoms with Gasteiger partial charge < -0.3 is 9.47 Å². The predicted octanol–water partition coefficient (Wildman–Crippen LogP) is 2.36. The standard InChI is InChI=1S/C16H28N2O6/c1-6-11(9-23-15(21)17-12(19)7-2)14(10(4)5)24-16(22)18-13(20)8-3/h10-11,14H,6-9H2,1-5H3,(H,17,19,21)(H,18,20,22). The van der Waals surface area contributed by atoms with Crippen molar-refractivity contribution < 1.29 is 28.7 Å². The predicted molar refractivity (Wildman–Crippen MR) is 87.1 cm³/mol. The van der Waals surface area contributed by atoms with Crippen molar-refractivity contribution in [1.29, 1.82) is 0 Å². The van der Waals surface area contributed by atoms with E-state index in [2.05, 4.69) is 10.6 Å². The molecular weight excluding hydrogens is 316 g/mol. The highest BCUT2D eigenvalue weighted by atomic mass is 16.6. The third kappa shape index (κ3) is 8.50. The Kier molecular flexibility index (Phi) is 10.4. The van der Waals surface area contributed by atoms with Crippen molar-refractivity contribution in [1.82, 2.24) is 10.6 Å². The fourth-order valence-corrected chi connectivity index (χ4v) is 2.00. The highest BCUT2D eigenvalue weighted by Gasteiger charge is 2.29. The summed E-state index contributed by atoms with van der Waals surface area (Å²) in [5.74, 6) is -1.15. The van der Waals surface area contributed by atoms with E-state index in [1.807, 2.05) is 20.8 Å². The summed E-state index contributed by atoms with van der Waals surface area (Å²) in [6.45, 7) is 8.84. The molecule has 0 aliphatic heterocycles. The van der Waals surface area contributed by atoms with Crippen LogP contribution in [-0.2, 0) is 19.1 Å². The lowest BCUT2D eigenvalue weighted by Gasteiger charge is -2.28. The van der Waals surface area contributed by atoms with Gasteiger partial charge in [0.2, 0.25) is 11.8 Å². The van der Waals surface area contributed by atoms with Crippen LogP contribution in [0.4, 0.5) is 9.59 Å². The van der Waals surface area contributed by atoms with Gasteiger partial charge in [0.25, 0.3) is 0 Å². The minimum Gasteiger partial charge on any atom is -0.449 e. The molecule has 0 aromatic carbocycles. The summed E-state index contributed by atoms with van der Waals surface area (Å²) in [5, 5.41) is 4.21. The van der Waals surface area contributed by atoms with Crippen molar-refractivity contribution in [3.8, 4) is 0 Å². The lowest BCUT2D eigenvalue weighted by molar-refractivity contribution is -0.121. The van der Waals surface area contributed by atoms with Crippen LogP contribution in [0.5, 0.6) is 0 Å². The average Bonchev–Trinajstić information content (AvgIpc) is 2.53. The van der Waals surface area contributed by atoms with E-state index in [0.717, 1.165) is 0 Å². The molecule has 0 bridgehead atoms. The van der Waals surface area contributed by atoms with Crippen molar-refractivity contribution >= 4 is 24.0 Å². The summed E-state index contributed by atoms with van der Waals surface area (Å²) in [7, 11) is 0. The highest BCUT2D eigenvalue weighted by Crippen LogP contribution is 2.21. The molecule has 0 rings (SSSR count). The van der Waals surface area contributed by atoms with Gasteiger partial charge in [-0.2, -0.15) is 0 Å². The third-order valence-corrected chi connectivity index (χ3v) is 3.44. The first-order valence-corrected chi connectivity index (χ1v) is 8.22. The van der Waals surface area contributed by atoms with E-state index in [1.54, 1.807) is 13.8 Å². The largest absolute Gasteiger partial charge is 0.449 e. The zero-order valence-corrected chi connectivity index (χ0v) is 15.0. The highest BCUT2D eigenvalue weighted by molar-refractivity contribution is 5.92. The second-order valence-corrected chi connectivity index (χ2v) is 5.68. The fourth-order valence-electron chi connectivity index (χ4n) is 2.00. The number of rotatable bonds is 8. The number of imide groups is 2. The van der Waals surface area contributed by atoms with Crippen molar-refractivity contribution in [2.24, 2.45) is 11.8 Å². The monoisotopic (exact) mass is 344 g/mol. The summed E-state index contributed by atoms with van der Waals surface area (Å²) in [5.41, 5.74) is 0. The minimum absolute atomic E-state index is 0.00280. The van der Waals surface area contributed by atoms with Crippen molar-refractivity contribution in [2.75, 3.05) is 6.61 Å². The van der Waals surface area contributed by atoms with E-state index in [9.17, 15) is 19.2 Å². The van der Waals surface area contributed by atoms with Gasteiger partial charge in [0.15, 0.2) is 0 Å². The molecule has 2 unspecified atom stereocenters. The van der Waals surface area contributed by atoms with Gasteiger partial charge in [-0.25, -0.2) is 9.59 Å². The molecule has 0 aliphatic rings. The summed E-state index contributed by atoms with van der Waals surface area (Å²) < 4.78 is 10.4. The number of nitrogens with one attached hydrogen (secondary N) is 2. The zero-order chi connectivity index (χ0) is 18.7. The number of hydrogen-bond acceptors (Lipinski definition) is 6. The third-order valence-electron chi connectivity index (χ3n) is 3.44. The van der Waals surface area contributed by atoms with E-state index in [4.69, 9.17) is 9.47 Å². The maximum absolute atomic E-state index is 11.8. The topological polar surface area (TPSA) is 111 Å². The number of alkyl carbamates (subject to hydrolysis) is 2. The van der Waals surface area contributed by atoms with E-state index < -0.39 is 30.1 Å². The van der Waals surface area contributed by atoms with Crippen LogP contribution < -0.4 is 10.6 Å². The SMILES string of the molecule is CCC(=O)NC(=O)OCC(CC)C(OC(=O)NC(=O)CC)C(C)C. The Bertz CT molecular complexity index is 450. The second-order valence-electron chi connectivity index (χ2n) is 5.68. The first-order chi connectivity index (χ1) is 11.2. The molecule has 0 aromatic rings. The van der Waals surface area contributed by atoms with Crippen molar-refractivity contribution in [3.63, 3.8) is 0 Å². The minimum atomic E-state index is -0.826. The van der Waals surface area contributed by atoms with Gasteiger partial charge in [0.1, 0.15) is 6.10 Å². The zero-order valence-electron chi connectivity index (χ0n) is 15.0. The lowest BCUT2D eigenvalue weighted by Crippen LogP contribution is -2.40. The van der Waals surface area contributed by atoms with Crippen LogP contribution in [0.3, 0.4) is 0 Å². The summed E-state index contributed by atoms with van der Waals surface area (Å²) >= 11 is 0. The first kappa shape index (κ1) is 21.9. The average molecular weight is 344 g/mol. The summed E-state index contributed by atoms with van der Waals surface area (Å²) in [6, 6.07) is 0. The van der Waals surface area contributed by atoms with Gasteiger partial charge in [0.05, 0.1) is 6.61 Å². The van der Waals surface area contributed by atoms with Crippen LogP contribution >= 0.6 is 0 Å². The van der Waals surface area contributed by atoms with Gasteiger partial charge in [0, 0.05) is 18.8 Å². The molecule has 24 heavy (non-hydrogen) atoms. The molecular formula is C16H28N2O6. The summed E-state index contributed by atoms with van der Waals surface area (Å²) in [6.07, 6.45) is -1.23. The maximum atomic E-state index is 11.8. The lowest BCUT2D eigenvalue weighted by atomic mass is 9.91. The molecule has 0 radical (unpaired) electrons. The Morgan fingerprint density at radius 3 is 1.79 bits per heavy atom. The van der Waals surface area contributed by atoms with Crippen LogP contribution in [0.15, 0.2) is 0 Å². The number of hydrogen-bond donors (Lipinski definition) is 2. The maximum Gasteiger partial charge on any atom is 0.414 e. The Hall–Kier alpha value is -2.12. The molecule has 0 heterocycles. The normalized spacial score (nSPS) is 12.9. The first-order valence-electron chi connectivity index (χ1n) is 8.22. The number of amides is 4. The van der Waals surface area contributed by atoms with Gasteiger partial charge in [-0.1, -0.05) is 34.6 Å². The molecule has 0 aliphatic carbocycles. The molecule has 138 valence electrons. The quantitative estimate of drug-likeness (QED) is 0.699. The van der Waals surface area contributed by atoms with Crippen LogP contribution in [0.2, 0.25) is 0 Å². The number of ether oxygens (including phenoxy) is 2. The molecule has 0 spiro atoms. The van der Waals surface area contributed by atoms with Crippen LogP contribution in [0.1, 0.15) is 53.9 Å². The molecule has 8 heteroatoms. The smallest absolute Gasteiger partial charge is 0.414 e. The van der Waals surface area contributed by atoms with Crippen molar-refractivity contribution in [2.45, 2.75) is 60.0 Å². The van der Waals surface area contributed by atoms with Crippen molar-refractivity contribution in [3.05, 3.63) is 0 Å². The summed E-state index contributed by atoms with van der Waals surface area (Å²) in [4.78, 5) is 45.6. The molecule has 2 N–H and O–H groups in total. The molecule has 0 aromatic heterocycles. The van der Waals surface area contributed by atoms with Crippen LogP contribution in [0, 0.1) is 11.8 Å². The second kappa shape index (κ2) is 11.4. The van der Waals surface area contributed by atoms with Gasteiger partial charge in [-0.3, -0.25) is 20.2 Å². The van der Waals surface area contributed by atoms with E-state index in [0.29, 0.717) is 6.42 Å². The molecule has 8 nitrogen and oxygen atoms in total. The molecule has 0 fully saturated rings. The molecule has 0 saturated heterocycles. The fraction of sp³-hybridized carbons (Fsp3) is 0.750. The van der Waals surface area contributed by atoms with Gasteiger partial charge in [-0.05, 0) is 12.3 Å². The van der Waals surface area contributed by atoms with Crippen LogP contribution in [-0.4, -0.2) is 36.7 Å². The molecule has 4 amide bonds. The van der Waals surface area contributed by atoms with Gasteiger partial charge in [-0.15, -0.1) is 0 Å². The van der Waals surface area contributed by atoms with Crippen LogP contribution in [0.25, 0.3) is 0 Å². The van der Waals surface area contributed by atoms with E-state index in [1.165, 1.54) is 0 Å². The van der Waals surface area contributed by atoms with Gasteiger partial charge >= 0.3 is 12.2 Å². The van der Waals surface area contributed by atoms with E-state index >= 15 is 0 Å². The Morgan fingerprint density at radius 1 is 0.875 bits per heavy atom. The Balaban J connectivity index is 4.68. The molecule has 0 saturated carbocycles. The Labute approximate surface area is 142 Å².